The second-order valence-electron chi connectivity index (χ2n) is 8.17. The van der Waals surface area contributed by atoms with Gasteiger partial charge in [0.2, 0.25) is 0 Å². The molecule has 0 amide bonds. The summed E-state index contributed by atoms with van der Waals surface area (Å²) in [5.41, 5.74) is 3.16. The average Bonchev–Trinajstić information content (AvgIpc) is 2.74. The average molecular weight is 556 g/mol. The summed E-state index contributed by atoms with van der Waals surface area (Å²) < 4.78 is 17.0. The van der Waals surface area contributed by atoms with Crippen molar-refractivity contribution in [3.8, 4) is 5.75 Å². The maximum absolute atomic E-state index is 6.08. The molecule has 7 heteroatoms. The van der Waals surface area contributed by atoms with E-state index in [-0.39, 0.29) is 29.6 Å². The summed E-state index contributed by atoms with van der Waals surface area (Å²) in [4.78, 5) is 4.34. The molecule has 2 aromatic rings. The zero-order valence-corrected chi connectivity index (χ0v) is 22.3. The first-order valence-electron chi connectivity index (χ1n) is 10.9. The molecule has 0 aliphatic heterocycles. The van der Waals surface area contributed by atoms with E-state index in [1.807, 2.05) is 25.1 Å². The third-order valence-electron chi connectivity index (χ3n) is 4.35. The van der Waals surface area contributed by atoms with E-state index in [2.05, 4.69) is 66.7 Å². The van der Waals surface area contributed by atoms with E-state index in [1.54, 1.807) is 7.05 Å². The van der Waals surface area contributed by atoms with Crippen molar-refractivity contribution >= 4 is 29.9 Å². The molecule has 0 aromatic heterocycles. The van der Waals surface area contributed by atoms with E-state index >= 15 is 0 Å². The van der Waals surface area contributed by atoms with Crippen molar-refractivity contribution < 1.29 is 14.2 Å². The van der Waals surface area contributed by atoms with E-state index < -0.39 is 0 Å². The minimum absolute atomic E-state index is 0. The SMILES string of the molecule is CCOCCOCc1cccc(CNC(=NC)NCc2ccccc2OC(C)(C)C)c1.I. The zero-order chi connectivity index (χ0) is 22.5. The Bertz CT molecular complexity index is 822. The third kappa shape index (κ3) is 11.2. The highest BCUT2D eigenvalue weighted by atomic mass is 127. The minimum Gasteiger partial charge on any atom is -0.488 e. The van der Waals surface area contributed by atoms with Crippen LogP contribution in [-0.2, 0) is 29.2 Å². The van der Waals surface area contributed by atoms with Gasteiger partial charge < -0.3 is 24.8 Å². The number of nitrogens with zero attached hydrogens (tertiary/aromatic N) is 1. The molecule has 2 rings (SSSR count). The van der Waals surface area contributed by atoms with Crippen LogP contribution in [-0.4, -0.2) is 38.4 Å². The summed E-state index contributed by atoms with van der Waals surface area (Å²) in [6, 6.07) is 16.4. The first kappa shape index (κ1) is 28.2. The highest BCUT2D eigenvalue weighted by Gasteiger charge is 2.14. The highest BCUT2D eigenvalue weighted by Crippen LogP contribution is 2.22. The van der Waals surface area contributed by atoms with Crippen LogP contribution in [0.25, 0.3) is 0 Å². The van der Waals surface area contributed by atoms with Gasteiger partial charge in [-0.2, -0.15) is 0 Å². The molecule has 0 unspecified atom stereocenters. The number of rotatable bonds is 11. The lowest BCUT2D eigenvalue weighted by Gasteiger charge is -2.23. The summed E-state index contributed by atoms with van der Waals surface area (Å²) in [5.74, 6) is 1.62. The lowest BCUT2D eigenvalue weighted by atomic mass is 10.1. The lowest BCUT2D eigenvalue weighted by molar-refractivity contribution is 0.0453. The lowest BCUT2D eigenvalue weighted by Crippen LogP contribution is -2.36. The van der Waals surface area contributed by atoms with Crippen molar-refractivity contribution in [2.75, 3.05) is 26.9 Å². The van der Waals surface area contributed by atoms with Crippen molar-refractivity contribution in [2.45, 2.75) is 53.0 Å². The molecule has 0 aliphatic rings. The molecule has 0 atom stereocenters. The largest absolute Gasteiger partial charge is 0.488 e. The number of hydrogen-bond donors (Lipinski definition) is 2. The fourth-order valence-corrected chi connectivity index (χ4v) is 2.95. The van der Waals surface area contributed by atoms with Crippen molar-refractivity contribution in [3.05, 3.63) is 65.2 Å². The molecular formula is C25H38IN3O3. The first-order valence-corrected chi connectivity index (χ1v) is 10.9. The monoisotopic (exact) mass is 555 g/mol. The Balaban J connectivity index is 0.00000512. The molecule has 0 saturated heterocycles. The zero-order valence-electron chi connectivity index (χ0n) is 19.9. The molecule has 0 heterocycles. The van der Waals surface area contributed by atoms with Gasteiger partial charge in [0.15, 0.2) is 5.96 Å². The Kier molecular flexibility index (Phi) is 13.3. The number of benzene rings is 2. The Morgan fingerprint density at radius 3 is 2.31 bits per heavy atom. The van der Waals surface area contributed by atoms with Gasteiger partial charge in [0.1, 0.15) is 11.4 Å². The third-order valence-corrected chi connectivity index (χ3v) is 4.35. The quantitative estimate of drug-likeness (QED) is 0.179. The fourth-order valence-electron chi connectivity index (χ4n) is 2.95. The number of aliphatic imine (C=N–C) groups is 1. The van der Waals surface area contributed by atoms with Gasteiger partial charge in [-0.3, -0.25) is 4.99 Å². The predicted octanol–water partition coefficient (Wildman–Crippen LogP) is 4.90. The van der Waals surface area contributed by atoms with Crippen LogP contribution >= 0.6 is 24.0 Å². The van der Waals surface area contributed by atoms with Gasteiger partial charge in [-0.05, 0) is 44.9 Å². The predicted molar refractivity (Wildman–Crippen MR) is 142 cm³/mol. The van der Waals surface area contributed by atoms with Crippen LogP contribution in [0.15, 0.2) is 53.5 Å². The molecule has 0 radical (unpaired) electrons. The summed E-state index contributed by atoms with van der Waals surface area (Å²) in [6.45, 7) is 12.0. The summed E-state index contributed by atoms with van der Waals surface area (Å²) >= 11 is 0. The first-order chi connectivity index (χ1) is 14.9. The van der Waals surface area contributed by atoms with Gasteiger partial charge in [0.25, 0.3) is 0 Å². The Labute approximate surface area is 210 Å². The van der Waals surface area contributed by atoms with Crippen LogP contribution < -0.4 is 15.4 Å². The van der Waals surface area contributed by atoms with E-state index in [0.717, 1.165) is 29.4 Å². The molecule has 0 fully saturated rings. The maximum Gasteiger partial charge on any atom is 0.191 e. The van der Waals surface area contributed by atoms with Crippen molar-refractivity contribution in [2.24, 2.45) is 4.99 Å². The highest BCUT2D eigenvalue weighted by molar-refractivity contribution is 14.0. The Hall–Kier alpha value is -1.84. The van der Waals surface area contributed by atoms with Crippen molar-refractivity contribution in [3.63, 3.8) is 0 Å². The number of nitrogens with one attached hydrogen (secondary N) is 2. The number of hydrogen-bond acceptors (Lipinski definition) is 4. The van der Waals surface area contributed by atoms with Crippen molar-refractivity contribution in [1.82, 2.24) is 10.6 Å². The van der Waals surface area contributed by atoms with Gasteiger partial charge in [0, 0.05) is 32.3 Å². The van der Waals surface area contributed by atoms with Crippen LogP contribution in [0.1, 0.15) is 44.4 Å². The smallest absolute Gasteiger partial charge is 0.191 e. The molecule has 2 N–H and O–H groups in total. The van der Waals surface area contributed by atoms with Crippen LogP contribution in [0.5, 0.6) is 5.75 Å². The Morgan fingerprint density at radius 1 is 0.906 bits per heavy atom. The van der Waals surface area contributed by atoms with Gasteiger partial charge in [-0.1, -0.05) is 42.5 Å². The molecule has 0 bridgehead atoms. The van der Waals surface area contributed by atoms with Gasteiger partial charge in [-0.15, -0.1) is 24.0 Å². The molecule has 6 nitrogen and oxygen atoms in total. The molecule has 0 saturated carbocycles. The maximum atomic E-state index is 6.08. The van der Waals surface area contributed by atoms with E-state index in [4.69, 9.17) is 14.2 Å². The number of guanidine groups is 1. The minimum atomic E-state index is -0.242. The van der Waals surface area contributed by atoms with Crippen LogP contribution in [0.4, 0.5) is 0 Å². The second kappa shape index (κ2) is 15.1. The normalized spacial score (nSPS) is 11.6. The Morgan fingerprint density at radius 2 is 1.59 bits per heavy atom. The van der Waals surface area contributed by atoms with E-state index in [1.165, 1.54) is 5.56 Å². The van der Waals surface area contributed by atoms with Gasteiger partial charge in [0.05, 0.1) is 19.8 Å². The van der Waals surface area contributed by atoms with Crippen LogP contribution in [0, 0.1) is 0 Å². The summed E-state index contributed by atoms with van der Waals surface area (Å²) in [7, 11) is 1.77. The molecule has 178 valence electrons. The van der Waals surface area contributed by atoms with Crippen LogP contribution in [0.2, 0.25) is 0 Å². The number of ether oxygens (including phenoxy) is 3. The molecule has 32 heavy (non-hydrogen) atoms. The summed E-state index contributed by atoms with van der Waals surface area (Å²) in [5, 5.41) is 6.74. The molecule has 0 aliphatic carbocycles. The standard InChI is InChI=1S/C25H37N3O3.HI/c1-6-29-14-15-30-19-21-11-9-10-20(16-21)17-27-24(26-5)28-18-22-12-7-8-13-23(22)31-25(2,3)4;/h7-13,16H,6,14-15,17-19H2,1-5H3,(H2,26,27,28);1H. The fraction of sp³-hybridized carbons (Fsp3) is 0.480. The van der Waals surface area contributed by atoms with E-state index in [9.17, 15) is 0 Å². The summed E-state index contributed by atoms with van der Waals surface area (Å²) in [6.07, 6.45) is 0. The van der Waals surface area contributed by atoms with Gasteiger partial charge in [-0.25, -0.2) is 0 Å². The molecule has 2 aromatic carbocycles. The molecule has 0 spiro atoms. The van der Waals surface area contributed by atoms with Crippen molar-refractivity contribution in [1.29, 1.82) is 0 Å². The van der Waals surface area contributed by atoms with E-state index in [0.29, 0.717) is 32.9 Å². The second-order valence-corrected chi connectivity index (χ2v) is 8.17. The molecular weight excluding hydrogens is 517 g/mol. The topological polar surface area (TPSA) is 64.1 Å². The number of halogens is 1. The van der Waals surface area contributed by atoms with Crippen LogP contribution in [0.3, 0.4) is 0 Å². The van der Waals surface area contributed by atoms with Gasteiger partial charge >= 0.3 is 0 Å². The number of para-hydroxylation sites is 1.